The van der Waals surface area contributed by atoms with E-state index in [1.54, 1.807) is 6.92 Å². The van der Waals surface area contributed by atoms with Crippen molar-refractivity contribution in [3.8, 4) is 0 Å². The van der Waals surface area contributed by atoms with Crippen molar-refractivity contribution < 1.29 is 9.53 Å². The SMILES string of the molecule is C[C@H](N)C(=O)NC1CCOCC1. The van der Waals surface area contributed by atoms with Gasteiger partial charge in [-0.1, -0.05) is 0 Å². The van der Waals surface area contributed by atoms with E-state index in [0.29, 0.717) is 0 Å². The third-order valence-corrected chi connectivity index (χ3v) is 1.98. The molecule has 1 saturated heterocycles. The first kappa shape index (κ1) is 9.48. The second-order valence-corrected chi connectivity index (χ2v) is 3.18. The highest BCUT2D eigenvalue weighted by Crippen LogP contribution is 2.05. The maximum absolute atomic E-state index is 11.1. The molecule has 0 aromatic heterocycles. The Morgan fingerprint density at radius 3 is 2.67 bits per heavy atom. The molecule has 4 nitrogen and oxygen atoms in total. The lowest BCUT2D eigenvalue weighted by atomic mass is 10.1. The van der Waals surface area contributed by atoms with Crippen LogP contribution in [-0.2, 0) is 9.53 Å². The summed E-state index contributed by atoms with van der Waals surface area (Å²) in [5.74, 6) is -0.0677. The van der Waals surface area contributed by atoms with E-state index in [1.165, 1.54) is 0 Å². The standard InChI is InChI=1S/C8H16N2O2/c1-6(9)8(11)10-7-2-4-12-5-3-7/h6-7H,2-5,9H2,1H3,(H,10,11)/t6-/m0/s1. The van der Waals surface area contributed by atoms with Crippen LogP contribution in [0.2, 0.25) is 0 Å². The summed E-state index contributed by atoms with van der Waals surface area (Å²) in [5, 5.41) is 2.87. The van der Waals surface area contributed by atoms with Gasteiger partial charge in [0.1, 0.15) is 0 Å². The minimum atomic E-state index is -0.409. The van der Waals surface area contributed by atoms with Gasteiger partial charge < -0.3 is 15.8 Å². The quantitative estimate of drug-likeness (QED) is 0.597. The summed E-state index contributed by atoms with van der Waals surface area (Å²) in [6.45, 7) is 3.17. The Bertz CT molecular complexity index is 153. The van der Waals surface area contributed by atoms with Crippen LogP contribution in [0.5, 0.6) is 0 Å². The molecule has 0 saturated carbocycles. The van der Waals surface area contributed by atoms with Crippen molar-refractivity contribution in [2.75, 3.05) is 13.2 Å². The van der Waals surface area contributed by atoms with Gasteiger partial charge >= 0.3 is 0 Å². The fourth-order valence-corrected chi connectivity index (χ4v) is 1.17. The van der Waals surface area contributed by atoms with Crippen LogP contribution in [0.15, 0.2) is 0 Å². The van der Waals surface area contributed by atoms with E-state index in [0.717, 1.165) is 26.1 Å². The third kappa shape index (κ3) is 2.79. The first-order chi connectivity index (χ1) is 5.70. The lowest BCUT2D eigenvalue weighted by Crippen LogP contribution is -2.45. The van der Waals surface area contributed by atoms with Crippen molar-refractivity contribution in [3.63, 3.8) is 0 Å². The predicted molar refractivity (Wildman–Crippen MR) is 45.6 cm³/mol. The molecule has 0 aliphatic carbocycles. The molecule has 1 rings (SSSR count). The summed E-state index contributed by atoms with van der Waals surface area (Å²) >= 11 is 0. The van der Waals surface area contributed by atoms with Gasteiger partial charge in [0.05, 0.1) is 6.04 Å². The van der Waals surface area contributed by atoms with E-state index in [9.17, 15) is 4.79 Å². The van der Waals surface area contributed by atoms with E-state index in [2.05, 4.69) is 5.32 Å². The topological polar surface area (TPSA) is 64.4 Å². The zero-order chi connectivity index (χ0) is 8.97. The molecular weight excluding hydrogens is 156 g/mol. The zero-order valence-corrected chi connectivity index (χ0v) is 7.38. The van der Waals surface area contributed by atoms with E-state index < -0.39 is 6.04 Å². The average molecular weight is 172 g/mol. The maximum Gasteiger partial charge on any atom is 0.236 e. The summed E-state index contributed by atoms with van der Waals surface area (Å²) in [7, 11) is 0. The molecule has 1 fully saturated rings. The van der Waals surface area contributed by atoms with E-state index in [1.807, 2.05) is 0 Å². The number of carbonyl (C=O) groups excluding carboxylic acids is 1. The van der Waals surface area contributed by atoms with Gasteiger partial charge in [-0.3, -0.25) is 4.79 Å². The van der Waals surface area contributed by atoms with Gasteiger partial charge in [0.2, 0.25) is 5.91 Å². The molecule has 12 heavy (non-hydrogen) atoms. The molecular formula is C8H16N2O2. The number of nitrogens with one attached hydrogen (secondary N) is 1. The Morgan fingerprint density at radius 2 is 2.17 bits per heavy atom. The van der Waals surface area contributed by atoms with Crippen molar-refractivity contribution in [1.82, 2.24) is 5.32 Å². The van der Waals surface area contributed by atoms with Gasteiger partial charge in [0.15, 0.2) is 0 Å². The Kier molecular flexibility index (Phi) is 3.49. The highest BCUT2D eigenvalue weighted by atomic mass is 16.5. The fourth-order valence-electron chi connectivity index (χ4n) is 1.17. The number of amides is 1. The number of carbonyl (C=O) groups is 1. The second-order valence-electron chi connectivity index (χ2n) is 3.18. The molecule has 0 radical (unpaired) electrons. The van der Waals surface area contributed by atoms with Gasteiger partial charge in [-0.2, -0.15) is 0 Å². The van der Waals surface area contributed by atoms with Gasteiger partial charge in [0, 0.05) is 19.3 Å². The molecule has 0 aromatic rings. The minimum absolute atomic E-state index is 0.0677. The summed E-state index contributed by atoms with van der Waals surface area (Å²) in [6, 6.07) is -0.148. The lowest BCUT2D eigenvalue weighted by Gasteiger charge is -2.23. The molecule has 0 spiro atoms. The predicted octanol–water partition coefficient (Wildman–Crippen LogP) is -0.371. The summed E-state index contributed by atoms with van der Waals surface area (Å²) in [4.78, 5) is 11.1. The van der Waals surface area contributed by atoms with Gasteiger partial charge in [-0.25, -0.2) is 0 Å². The summed E-state index contributed by atoms with van der Waals surface area (Å²) < 4.78 is 5.16. The summed E-state index contributed by atoms with van der Waals surface area (Å²) in [6.07, 6.45) is 1.80. The van der Waals surface area contributed by atoms with Crippen LogP contribution < -0.4 is 11.1 Å². The smallest absolute Gasteiger partial charge is 0.236 e. The highest BCUT2D eigenvalue weighted by Gasteiger charge is 2.17. The zero-order valence-electron chi connectivity index (χ0n) is 7.38. The molecule has 1 atom stereocenters. The first-order valence-electron chi connectivity index (χ1n) is 4.34. The van der Waals surface area contributed by atoms with E-state index in [4.69, 9.17) is 10.5 Å². The van der Waals surface area contributed by atoms with Crippen molar-refractivity contribution >= 4 is 5.91 Å². The Morgan fingerprint density at radius 1 is 1.58 bits per heavy atom. The average Bonchev–Trinajstić information content (AvgIpc) is 2.06. The summed E-state index contributed by atoms with van der Waals surface area (Å²) in [5.41, 5.74) is 5.41. The number of ether oxygens (including phenoxy) is 1. The van der Waals surface area contributed by atoms with Crippen LogP contribution in [-0.4, -0.2) is 31.2 Å². The molecule has 1 heterocycles. The van der Waals surface area contributed by atoms with Crippen molar-refractivity contribution in [2.45, 2.75) is 31.8 Å². The molecule has 1 aliphatic rings. The molecule has 0 bridgehead atoms. The minimum Gasteiger partial charge on any atom is -0.381 e. The fraction of sp³-hybridized carbons (Fsp3) is 0.875. The van der Waals surface area contributed by atoms with Crippen LogP contribution in [0.3, 0.4) is 0 Å². The van der Waals surface area contributed by atoms with Gasteiger partial charge in [-0.05, 0) is 19.8 Å². The van der Waals surface area contributed by atoms with Gasteiger partial charge in [-0.15, -0.1) is 0 Å². The van der Waals surface area contributed by atoms with E-state index >= 15 is 0 Å². The van der Waals surface area contributed by atoms with Crippen LogP contribution in [0.25, 0.3) is 0 Å². The Balaban J connectivity index is 2.24. The van der Waals surface area contributed by atoms with E-state index in [-0.39, 0.29) is 11.9 Å². The van der Waals surface area contributed by atoms with Crippen LogP contribution >= 0.6 is 0 Å². The molecule has 1 amide bonds. The number of hydrogen-bond donors (Lipinski definition) is 2. The largest absolute Gasteiger partial charge is 0.381 e. The number of hydrogen-bond acceptors (Lipinski definition) is 3. The first-order valence-corrected chi connectivity index (χ1v) is 4.34. The molecule has 0 unspecified atom stereocenters. The molecule has 4 heteroatoms. The Labute approximate surface area is 72.5 Å². The molecule has 70 valence electrons. The van der Waals surface area contributed by atoms with Crippen molar-refractivity contribution in [1.29, 1.82) is 0 Å². The van der Waals surface area contributed by atoms with Gasteiger partial charge in [0.25, 0.3) is 0 Å². The van der Waals surface area contributed by atoms with Crippen molar-refractivity contribution in [2.24, 2.45) is 5.73 Å². The van der Waals surface area contributed by atoms with Crippen LogP contribution in [0, 0.1) is 0 Å². The van der Waals surface area contributed by atoms with Crippen LogP contribution in [0.4, 0.5) is 0 Å². The maximum atomic E-state index is 11.1. The molecule has 3 N–H and O–H groups in total. The third-order valence-electron chi connectivity index (χ3n) is 1.98. The monoisotopic (exact) mass is 172 g/mol. The lowest BCUT2D eigenvalue weighted by molar-refractivity contribution is -0.123. The van der Waals surface area contributed by atoms with Crippen molar-refractivity contribution in [3.05, 3.63) is 0 Å². The molecule has 1 aliphatic heterocycles. The molecule has 0 aromatic carbocycles. The Hall–Kier alpha value is -0.610. The second kappa shape index (κ2) is 4.42. The highest BCUT2D eigenvalue weighted by molar-refractivity contribution is 5.81. The van der Waals surface area contributed by atoms with Crippen LogP contribution in [0.1, 0.15) is 19.8 Å². The normalized spacial score (nSPS) is 21.8. The number of rotatable bonds is 2. The number of nitrogens with two attached hydrogens (primary N) is 1.